The van der Waals surface area contributed by atoms with E-state index in [0.29, 0.717) is 6.61 Å². The predicted octanol–water partition coefficient (Wildman–Crippen LogP) is 2.97. The first-order valence-electron chi connectivity index (χ1n) is 7.95. The van der Waals surface area contributed by atoms with E-state index in [-0.39, 0.29) is 30.7 Å². The van der Waals surface area contributed by atoms with Crippen LogP contribution in [0.1, 0.15) is 31.7 Å². The second-order valence-electron chi connectivity index (χ2n) is 5.10. The molecule has 0 atom stereocenters. The van der Waals surface area contributed by atoms with Gasteiger partial charge in [-0.2, -0.15) is 0 Å². The largest absolute Gasteiger partial charge is 0.466 e. The first kappa shape index (κ1) is 19.4. The average molecular weight is 329 g/mol. The normalized spacial score (nSPS) is 12.6. The number of hydrogen-bond donors (Lipinski definition) is 0. The molecule has 0 saturated heterocycles. The molecule has 1 aliphatic heterocycles. The van der Waals surface area contributed by atoms with E-state index >= 15 is 0 Å². The molecule has 5 nitrogen and oxygen atoms in total. The lowest BCUT2D eigenvalue weighted by Crippen LogP contribution is -2.32. The number of unbranched alkanes of at least 4 members (excludes halogenated alkanes) is 1. The first-order chi connectivity index (χ1) is 11.6. The summed E-state index contributed by atoms with van der Waals surface area (Å²) in [5.74, 6) is -1.11. The maximum atomic E-state index is 11.2. The van der Waals surface area contributed by atoms with E-state index < -0.39 is 0 Å². The molecule has 24 heavy (non-hydrogen) atoms. The third-order valence-corrected chi connectivity index (χ3v) is 3.24. The summed E-state index contributed by atoms with van der Waals surface area (Å²) in [6, 6.07) is 10.0. The minimum absolute atomic E-state index is 0.0584. The number of nitrogens with zero attached hydrogens (tertiary/aromatic N) is 1. The Morgan fingerprint density at radius 1 is 1.17 bits per heavy atom. The fourth-order valence-corrected chi connectivity index (χ4v) is 1.85. The number of amides is 2. The molecule has 2 rings (SSSR count). The standard InChI is InChI=1S/C11H15NO4.C8H8/c1-2-3-8-16-11(15)6-7-12-9(13)4-5-10(12)14;1-2-8-6-4-3-5-7-8/h4-5H,2-3,6-8H2,1H3;2-7H,1H2. The molecule has 0 aliphatic carbocycles. The van der Waals surface area contributed by atoms with Crippen LogP contribution in [0.25, 0.3) is 6.08 Å². The van der Waals surface area contributed by atoms with E-state index in [0.717, 1.165) is 17.7 Å². The molecule has 1 aromatic carbocycles. The zero-order valence-corrected chi connectivity index (χ0v) is 13.9. The van der Waals surface area contributed by atoms with Crippen molar-refractivity contribution in [3.8, 4) is 0 Å². The summed E-state index contributed by atoms with van der Waals surface area (Å²) in [5.41, 5.74) is 1.17. The number of carbonyl (C=O) groups is 3. The summed E-state index contributed by atoms with van der Waals surface area (Å²) in [7, 11) is 0. The number of rotatable bonds is 7. The molecular formula is C19H23NO4. The van der Waals surface area contributed by atoms with Crippen LogP contribution >= 0.6 is 0 Å². The molecule has 1 heterocycles. The van der Waals surface area contributed by atoms with Crippen molar-refractivity contribution in [2.75, 3.05) is 13.2 Å². The molecule has 0 bridgehead atoms. The summed E-state index contributed by atoms with van der Waals surface area (Å²) in [6.45, 7) is 6.12. The zero-order chi connectivity index (χ0) is 17.8. The van der Waals surface area contributed by atoms with Crippen LogP contribution in [0.3, 0.4) is 0 Å². The van der Waals surface area contributed by atoms with Crippen LogP contribution in [0.2, 0.25) is 0 Å². The third-order valence-electron chi connectivity index (χ3n) is 3.24. The molecule has 2 amide bonds. The van der Waals surface area contributed by atoms with Gasteiger partial charge in [-0.3, -0.25) is 19.3 Å². The van der Waals surface area contributed by atoms with Gasteiger partial charge in [0.2, 0.25) is 0 Å². The van der Waals surface area contributed by atoms with Gasteiger partial charge < -0.3 is 4.74 Å². The Kier molecular flexibility index (Phi) is 8.82. The monoisotopic (exact) mass is 329 g/mol. The maximum absolute atomic E-state index is 11.2. The van der Waals surface area contributed by atoms with Gasteiger partial charge in [0.1, 0.15) is 0 Å². The van der Waals surface area contributed by atoms with Gasteiger partial charge in [-0.25, -0.2) is 0 Å². The highest BCUT2D eigenvalue weighted by Crippen LogP contribution is 2.04. The van der Waals surface area contributed by atoms with Crippen LogP contribution in [0.4, 0.5) is 0 Å². The van der Waals surface area contributed by atoms with E-state index in [1.165, 1.54) is 17.7 Å². The summed E-state index contributed by atoms with van der Waals surface area (Å²) < 4.78 is 4.90. The average Bonchev–Trinajstić information content (AvgIpc) is 2.93. The van der Waals surface area contributed by atoms with Crippen molar-refractivity contribution in [1.29, 1.82) is 0 Å². The van der Waals surface area contributed by atoms with Crippen molar-refractivity contribution in [3.05, 3.63) is 54.6 Å². The molecule has 0 saturated carbocycles. The van der Waals surface area contributed by atoms with E-state index in [2.05, 4.69) is 6.58 Å². The van der Waals surface area contributed by atoms with Crippen LogP contribution in [-0.2, 0) is 19.1 Å². The highest BCUT2D eigenvalue weighted by molar-refractivity contribution is 6.12. The van der Waals surface area contributed by atoms with E-state index in [1.54, 1.807) is 0 Å². The molecule has 0 fully saturated rings. The lowest BCUT2D eigenvalue weighted by Gasteiger charge is -2.12. The number of carbonyl (C=O) groups excluding carboxylic acids is 3. The molecule has 128 valence electrons. The summed E-state index contributed by atoms with van der Waals surface area (Å²) in [4.78, 5) is 34.5. The molecule has 0 N–H and O–H groups in total. The number of benzene rings is 1. The van der Waals surface area contributed by atoms with Gasteiger partial charge in [-0.05, 0) is 12.0 Å². The fourth-order valence-electron chi connectivity index (χ4n) is 1.85. The first-order valence-corrected chi connectivity index (χ1v) is 7.95. The molecule has 1 aliphatic rings. The van der Waals surface area contributed by atoms with Crippen LogP contribution in [-0.4, -0.2) is 35.8 Å². The van der Waals surface area contributed by atoms with Crippen molar-refractivity contribution in [3.63, 3.8) is 0 Å². The lowest BCUT2D eigenvalue weighted by molar-refractivity contribution is -0.145. The molecule has 0 unspecified atom stereocenters. The molecule has 0 aromatic heterocycles. The number of hydrogen-bond acceptors (Lipinski definition) is 4. The van der Waals surface area contributed by atoms with Gasteiger partial charge in [-0.1, -0.05) is 56.3 Å². The Balaban J connectivity index is 0.000000300. The van der Waals surface area contributed by atoms with Gasteiger partial charge >= 0.3 is 5.97 Å². The molecule has 0 spiro atoms. The zero-order valence-electron chi connectivity index (χ0n) is 13.9. The summed E-state index contributed by atoms with van der Waals surface area (Å²) in [5, 5.41) is 0. The Morgan fingerprint density at radius 3 is 2.29 bits per heavy atom. The van der Waals surface area contributed by atoms with Gasteiger partial charge in [-0.15, -0.1) is 0 Å². The topological polar surface area (TPSA) is 63.7 Å². The van der Waals surface area contributed by atoms with E-state index in [9.17, 15) is 14.4 Å². The SMILES string of the molecule is C=Cc1ccccc1.CCCCOC(=O)CCN1C(=O)C=CC1=O. The smallest absolute Gasteiger partial charge is 0.307 e. The number of esters is 1. The Morgan fingerprint density at radius 2 is 1.79 bits per heavy atom. The summed E-state index contributed by atoms with van der Waals surface area (Å²) in [6.07, 6.45) is 6.08. The fraction of sp³-hybridized carbons (Fsp3) is 0.316. The third kappa shape index (κ3) is 7.05. The van der Waals surface area contributed by atoms with E-state index in [4.69, 9.17) is 4.74 Å². The second-order valence-corrected chi connectivity index (χ2v) is 5.10. The predicted molar refractivity (Wildman–Crippen MR) is 92.9 cm³/mol. The minimum atomic E-state index is -0.374. The van der Waals surface area contributed by atoms with Crippen molar-refractivity contribution in [2.24, 2.45) is 0 Å². The van der Waals surface area contributed by atoms with Crippen LogP contribution in [0.15, 0.2) is 49.1 Å². The van der Waals surface area contributed by atoms with Gasteiger partial charge in [0.05, 0.1) is 13.0 Å². The van der Waals surface area contributed by atoms with Crippen molar-refractivity contribution in [2.45, 2.75) is 26.2 Å². The number of imide groups is 1. The van der Waals surface area contributed by atoms with E-state index in [1.807, 2.05) is 43.3 Å². The second kappa shape index (κ2) is 10.9. The Bertz CT molecular complexity index is 575. The molecule has 1 aromatic rings. The van der Waals surface area contributed by atoms with Crippen LogP contribution in [0, 0.1) is 0 Å². The lowest BCUT2D eigenvalue weighted by atomic mass is 10.2. The maximum Gasteiger partial charge on any atom is 0.307 e. The van der Waals surface area contributed by atoms with Gasteiger partial charge in [0.15, 0.2) is 0 Å². The Hall–Kier alpha value is -2.69. The van der Waals surface area contributed by atoms with Crippen LogP contribution < -0.4 is 0 Å². The highest BCUT2D eigenvalue weighted by Gasteiger charge is 2.23. The van der Waals surface area contributed by atoms with Gasteiger partial charge in [0, 0.05) is 18.7 Å². The highest BCUT2D eigenvalue weighted by atomic mass is 16.5. The van der Waals surface area contributed by atoms with Crippen molar-refractivity contribution >= 4 is 23.9 Å². The van der Waals surface area contributed by atoms with Gasteiger partial charge in [0.25, 0.3) is 11.8 Å². The van der Waals surface area contributed by atoms with Crippen LogP contribution in [0.5, 0.6) is 0 Å². The minimum Gasteiger partial charge on any atom is -0.466 e. The number of ether oxygens (including phenoxy) is 1. The summed E-state index contributed by atoms with van der Waals surface area (Å²) >= 11 is 0. The van der Waals surface area contributed by atoms with Crippen molar-refractivity contribution in [1.82, 2.24) is 4.90 Å². The molecular weight excluding hydrogens is 306 g/mol. The Labute approximate surface area is 142 Å². The molecule has 5 heteroatoms. The van der Waals surface area contributed by atoms with Crippen molar-refractivity contribution < 1.29 is 19.1 Å². The quantitative estimate of drug-likeness (QED) is 0.438. The molecule has 0 radical (unpaired) electrons.